The summed E-state index contributed by atoms with van der Waals surface area (Å²) in [6, 6.07) is 11.6. The molecule has 0 radical (unpaired) electrons. The van der Waals surface area contributed by atoms with Gasteiger partial charge in [-0.25, -0.2) is 14.5 Å². The molecule has 3 aromatic rings. The highest BCUT2D eigenvalue weighted by atomic mass is 32.2. The molecule has 0 aliphatic rings. The van der Waals surface area contributed by atoms with Gasteiger partial charge in [0.15, 0.2) is 0 Å². The van der Waals surface area contributed by atoms with Gasteiger partial charge in [-0.15, -0.1) is 5.10 Å². The first-order valence-corrected chi connectivity index (χ1v) is 7.93. The summed E-state index contributed by atoms with van der Waals surface area (Å²) < 4.78 is 11.9. The van der Waals surface area contributed by atoms with E-state index in [0.29, 0.717) is 16.7 Å². The molecule has 0 spiro atoms. The van der Waals surface area contributed by atoms with E-state index in [2.05, 4.69) is 14.8 Å². The number of carbonyl (C=O) groups is 1. The molecule has 0 N–H and O–H groups in total. The summed E-state index contributed by atoms with van der Waals surface area (Å²) in [5, 5.41) is 5.05. The smallest absolute Gasteiger partial charge is 0.374 e. The van der Waals surface area contributed by atoms with Gasteiger partial charge in [0.05, 0.1) is 18.6 Å². The SMILES string of the molecule is COC(=O)c1oc(CSc2ncn(-c3ccccc3)n2)cc1C. The van der Waals surface area contributed by atoms with Crippen LogP contribution in [0.25, 0.3) is 5.69 Å². The number of aromatic nitrogens is 3. The van der Waals surface area contributed by atoms with Crippen molar-refractivity contribution >= 4 is 17.7 Å². The fourth-order valence-corrected chi connectivity index (χ4v) is 2.75. The topological polar surface area (TPSA) is 70.2 Å². The second-order valence-corrected chi connectivity index (χ2v) is 5.75. The number of carbonyl (C=O) groups excluding carboxylic acids is 1. The molecule has 2 heterocycles. The van der Waals surface area contributed by atoms with Crippen LogP contribution in [-0.2, 0) is 10.5 Å². The molecule has 0 saturated heterocycles. The first-order chi connectivity index (χ1) is 11.2. The first-order valence-electron chi connectivity index (χ1n) is 6.95. The number of esters is 1. The Bertz CT molecular complexity index is 811. The van der Waals surface area contributed by atoms with Gasteiger partial charge in [0.2, 0.25) is 10.9 Å². The van der Waals surface area contributed by atoms with E-state index in [1.807, 2.05) is 43.3 Å². The molecule has 0 fully saturated rings. The Labute approximate surface area is 137 Å². The maximum atomic E-state index is 11.5. The molecule has 2 aromatic heterocycles. The maximum Gasteiger partial charge on any atom is 0.374 e. The minimum absolute atomic E-state index is 0.242. The predicted molar refractivity (Wildman–Crippen MR) is 85.7 cm³/mol. The summed E-state index contributed by atoms with van der Waals surface area (Å²) >= 11 is 1.44. The molecule has 0 amide bonds. The molecule has 0 aliphatic carbocycles. The predicted octanol–water partition coefficient (Wildman–Crippen LogP) is 3.25. The van der Waals surface area contributed by atoms with Gasteiger partial charge in [-0.05, 0) is 25.1 Å². The third-order valence-corrected chi connectivity index (χ3v) is 4.05. The lowest BCUT2D eigenvalue weighted by molar-refractivity contribution is 0.0562. The average Bonchev–Trinajstić information content (AvgIpc) is 3.20. The first kappa shape index (κ1) is 15.4. The molecule has 3 rings (SSSR count). The highest BCUT2D eigenvalue weighted by molar-refractivity contribution is 7.98. The lowest BCUT2D eigenvalue weighted by atomic mass is 10.3. The monoisotopic (exact) mass is 329 g/mol. The summed E-state index contributed by atoms with van der Waals surface area (Å²) in [6.45, 7) is 1.81. The van der Waals surface area contributed by atoms with Gasteiger partial charge in [-0.1, -0.05) is 30.0 Å². The van der Waals surface area contributed by atoms with Gasteiger partial charge in [0.25, 0.3) is 0 Å². The number of aryl methyl sites for hydroxylation is 1. The molecule has 0 aliphatic heterocycles. The van der Waals surface area contributed by atoms with E-state index in [1.165, 1.54) is 18.9 Å². The summed E-state index contributed by atoms with van der Waals surface area (Å²) in [5.41, 5.74) is 1.71. The average molecular weight is 329 g/mol. The van der Waals surface area contributed by atoms with E-state index in [0.717, 1.165) is 11.3 Å². The lowest BCUT2D eigenvalue weighted by Gasteiger charge is -1.98. The van der Waals surface area contributed by atoms with Crippen molar-refractivity contribution in [2.24, 2.45) is 0 Å². The summed E-state index contributed by atoms with van der Waals surface area (Å²) in [5.74, 6) is 0.997. The fourth-order valence-electron chi connectivity index (χ4n) is 2.07. The van der Waals surface area contributed by atoms with Gasteiger partial charge in [0, 0.05) is 5.56 Å². The number of furan rings is 1. The maximum absolute atomic E-state index is 11.5. The number of nitrogens with zero attached hydrogens (tertiary/aromatic N) is 3. The number of hydrogen-bond acceptors (Lipinski definition) is 6. The number of methoxy groups -OCH3 is 1. The van der Waals surface area contributed by atoms with Crippen LogP contribution in [-0.4, -0.2) is 27.8 Å². The third-order valence-electron chi connectivity index (χ3n) is 3.17. The number of thioether (sulfide) groups is 1. The van der Waals surface area contributed by atoms with Crippen molar-refractivity contribution in [3.05, 3.63) is 59.8 Å². The number of hydrogen-bond donors (Lipinski definition) is 0. The van der Waals surface area contributed by atoms with E-state index in [1.54, 1.807) is 11.0 Å². The molecule has 0 bridgehead atoms. The highest BCUT2D eigenvalue weighted by Gasteiger charge is 2.16. The van der Waals surface area contributed by atoms with Crippen molar-refractivity contribution in [2.75, 3.05) is 7.11 Å². The molecular formula is C16H15N3O3S. The minimum Gasteiger partial charge on any atom is -0.463 e. The largest absolute Gasteiger partial charge is 0.463 e. The third kappa shape index (κ3) is 3.45. The Kier molecular flexibility index (Phi) is 4.47. The van der Waals surface area contributed by atoms with Crippen LogP contribution in [0.4, 0.5) is 0 Å². The van der Waals surface area contributed by atoms with Gasteiger partial charge in [0.1, 0.15) is 12.1 Å². The Morgan fingerprint density at radius 1 is 1.35 bits per heavy atom. The zero-order valence-electron chi connectivity index (χ0n) is 12.7. The molecule has 0 saturated carbocycles. The van der Waals surface area contributed by atoms with Crippen LogP contribution < -0.4 is 0 Å². The van der Waals surface area contributed by atoms with Gasteiger partial charge in [-0.2, -0.15) is 0 Å². The van der Waals surface area contributed by atoms with Gasteiger partial charge in [-0.3, -0.25) is 0 Å². The summed E-state index contributed by atoms with van der Waals surface area (Å²) in [6.07, 6.45) is 1.67. The van der Waals surface area contributed by atoms with Crippen molar-refractivity contribution in [1.82, 2.24) is 14.8 Å². The number of para-hydroxylation sites is 1. The van der Waals surface area contributed by atoms with Crippen LogP contribution >= 0.6 is 11.8 Å². The Morgan fingerprint density at radius 2 is 2.13 bits per heavy atom. The van der Waals surface area contributed by atoms with Crippen molar-refractivity contribution in [3.8, 4) is 5.69 Å². The second-order valence-electron chi connectivity index (χ2n) is 4.81. The summed E-state index contributed by atoms with van der Waals surface area (Å²) in [4.78, 5) is 15.8. The Morgan fingerprint density at radius 3 is 2.87 bits per heavy atom. The van der Waals surface area contributed by atoms with Crippen LogP contribution in [0.5, 0.6) is 0 Å². The molecule has 6 nitrogen and oxygen atoms in total. The number of benzene rings is 1. The molecule has 23 heavy (non-hydrogen) atoms. The Balaban J connectivity index is 1.67. The molecule has 0 unspecified atom stereocenters. The lowest BCUT2D eigenvalue weighted by Crippen LogP contribution is -2.00. The summed E-state index contributed by atoms with van der Waals surface area (Å²) in [7, 11) is 1.33. The van der Waals surface area contributed by atoms with Crippen LogP contribution in [0.15, 0.2) is 52.3 Å². The van der Waals surface area contributed by atoms with Gasteiger partial charge >= 0.3 is 5.97 Å². The fraction of sp³-hybridized carbons (Fsp3) is 0.188. The molecule has 118 valence electrons. The van der Waals surface area contributed by atoms with Crippen molar-refractivity contribution in [2.45, 2.75) is 17.8 Å². The molecular weight excluding hydrogens is 314 g/mol. The molecule has 0 atom stereocenters. The standard InChI is InChI=1S/C16H15N3O3S/c1-11-8-13(22-14(11)15(20)21-2)9-23-16-17-10-19(18-16)12-6-4-3-5-7-12/h3-8,10H,9H2,1-2H3. The number of rotatable bonds is 5. The zero-order chi connectivity index (χ0) is 16.2. The van der Waals surface area contributed by atoms with Crippen molar-refractivity contribution < 1.29 is 13.9 Å². The van der Waals surface area contributed by atoms with Gasteiger partial charge < -0.3 is 9.15 Å². The van der Waals surface area contributed by atoms with Crippen molar-refractivity contribution in [3.63, 3.8) is 0 Å². The van der Waals surface area contributed by atoms with Crippen LogP contribution in [0.3, 0.4) is 0 Å². The quantitative estimate of drug-likeness (QED) is 0.528. The van der Waals surface area contributed by atoms with E-state index >= 15 is 0 Å². The van der Waals surface area contributed by atoms with Crippen LogP contribution in [0.1, 0.15) is 21.9 Å². The minimum atomic E-state index is -0.467. The van der Waals surface area contributed by atoms with E-state index in [4.69, 9.17) is 4.42 Å². The van der Waals surface area contributed by atoms with E-state index in [-0.39, 0.29) is 5.76 Å². The molecule has 1 aromatic carbocycles. The Hall–Kier alpha value is -2.54. The zero-order valence-corrected chi connectivity index (χ0v) is 13.5. The second kappa shape index (κ2) is 6.70. The molecule has 7 heteroatoms. The normalized spacial score (nSPS) is 10.7. The van der Waals surface area contributed by atoms with E-state index in [9.17, 15) is 4.79 Å². The highest BCUT2D eigenvalue weighted by Crippen LogP contribution is 2.23. The van der Waals surface area contributed by atoms with Crippen molar-refractivity contribution in [1.29, 1.82) is 0 Å². The van der Waals surface area contributed by atoms with Crippen LogP contribution in [0.2, 0.25) is 0 Å². The van der Waals surface area contributed by atoms with Crippen LogP contribution in [0, 0.1) is 6.92 Å². The number of ether oxygens (including phenoxy) is 1. The van der Waals surface area contributed by atoms with E-state index < -0.39 is 5.97 Å².